The summed E-state index contributed by atoms with van der Waals surface area (Å²) in [6.07, 6.45) is 6.68. The van der Waals surface area contributed by atoms with Crippen LogP contribution in [0, 0.1) is 0 Å². The number of unbranched alkanes of at least 4 members (excludes halogenated alkanes) is 1. The molecule has 0 rings (SSSR count). The van der Waals surface area contributed by atoms with E-state index in [2.05, 4.69) is 0 Å². The van der Waals surface area contributed by atoms with Crippen molar-refractivity contribution in [1.82, 2.24) is 4.90 Å². The Kier molecular flexibility index (Phi) is 8.95. The molecule has 0 saturated carbocycles. The largest absolute Gasteiger partial charge is 0.480 e. The highest BCUT2D eigenvalue weighted by Gasteiger charge is 2.31. The molecule has 0 heterocycles. The predicted octanol–water partition coefficient (Wildman–Crippen LogP) is 1.08. The maximum atomic E-state index is 11.9. The lowest BCUT2D eigenvalue weighted by Crippen LogP contribution is -2.47. The van der Waals surface area contributed by atoms with Gasteiger partial charge in [0.05, 0.1) is 0 Å². The van der Waals surface area contributed by atoms with Gasteiger partial charge in [-0.2, -0.15) is 0 Å². The highest BCUT2D eigenvalue weighted by molar-refractivity contribution is 6.07. The van der Waals surface area contributed by atoms with Crippen LogP contribution in [0.5, 0.6) is 0 Å². The van der Waals surface area contributed by atoms with E-state index in [9.17, 15) is 19.5 Å². The highest BCUT2D eigenvalue weighted by atomic mass is 16.4. The molecule has 1 atom stereocenters. The fraction of sp³-hybridized carbons (Fsp3) is 0.500. The first kappa shape index (κ1) is 18.0. The molecule has 0 aromatic rings. The topological polar surface area (TPSA) is 101 Å². The molecule has 0 aromatic carbocycles. The second-order valence-electron chi connectivity index (χ2n) is 4.18. The van der Waals surface area contributed by atoms with Crippen molar-refractivity contribution in [3.8, 4) is 0 Å². The molecule has 2 amide bonds. The third kappa shape index (κ3) is 5.79. The minimum atomic E-state index is -1.20. The summed E-state index contributed by atoms with van der Waals surface area (Å²) in [6.45, 7) is 3.69. The summed E-state index contributed by atoms with van der Waals surface area (Å²) in [5.41, 5.74) is 5.36. The lowest BCUT2D eigenvalue weighted by Gasteiger charge is -2.25. The molecule has 6 nitrogen and oxygen atoms in total. The summed E-state index contributed by atoms with van der Waals surface area (Å²) in [6, 6.07) is -1.17. The summed E-state index contributed by atoms with van der Waals surface area (Å²) in [7, 11) is 0. The first-order chi connectivity index (χ1) is 9.49. The van der Waals surface area contributed by atoms with Crippen molar-refractivity contribution in [2.24, 2.45) is 5.73 Å². The molecule has 0 radical (unpaired) electrons. The van der Waals surface area contributed by atoms with E-state index in [1.54, 1.807) is 13.8 Å². The fourth-order valence-electron chi connectivity index (χ4n) is 1.71. The van der Waals surface area contributed by atoms with Crippen molar-refractivity contribution in [2.75, 3.05) is 6.54 Å². The number of carbonyl (C=O) groups is 3. The van der Waals surface area contributed by atoms with Crippen molar-refractivity contribution >= 4 is 17.8 Å². The Morgan fingerprint density at radius 2 is 1.60 bits per heavy atom. The number of nitrogens with zero attached hydrogens (tertiary/aromatic N) is 1. The third-order valence-electron chi connectivity index (χ3n) is 2.62. The SMILES string of the molecule is CC=CC(=O)N(C(=O)C=CC)[C@@H](CCCCN)C(=O)O. The minimum Gasteiger partial charge on any atom is -0.480 e. The summed E-state index contributed by atoms with van der Waals surface area (Å²) in [5, 5.41) is 9.25. The standard InChI is InChI=1S/C14H22N2O4/c1-3-7-12(17)16(13(18)8-4-2)11(14(19)20)9-5-6-10-15/h3-4,7-8,11H,5-6,9-10,15H2,1-2H3,(H,19,20)/t11-/m0/s1. The number of hydrogen-bond donors (Lipinski definition) is 2. The molecule has 112 valence electrons. The van der Waals surface area contributed by atoms with E-state index in [0.29, 0.717) is 19.4 Å². The summed E-state index contributed by atoms with van der Waals surface area (Å²) in [5.74, 6) is -2.45. The maximum Gasteiger partial charge on any atom is 0.326 e. The second-order valence-corrected chi connectivity index (χ2v) is 4.18. The van der Waals surface area contributed by atoms with Crippen molar-refractivity contribution in [2.45, 2.75) is 39.2 Å². The van der Waals surface area contributed by atoms with Gasteiger partial charge < -0.3 is 10.8 Å². The van der Waals surface area contributed by atoms with Gasteiger partial charge in [-0.1, -0.05) is 12.2 Å². The Bertz CT molecular complexity index is 378. The number of hydrogen-bond acceptors (Lipinski definition) is 4. The van der Waals surface area contributed by atoms with Gasteiger partial charge in [-0.3, -0.25) is 14.5 Å². The van der Waals surface area contributed by atoms with Gasteiger partial charge in [0.15, 0.2) is 0 Å². The number of aliphatic carboxylic acids is 1. The van der Waals surface area contributed by atoms with Crippen LogP contribution in [0.4, 0.5) is 0 Å². The Hall–Kier alpha value is -1.95. The van der Waals surface area contributed by atoms with Gasteiger partial charge in [0.25, 0.3) is 11.8 Å². The van der Waals surface area contributed by atoms with Crippen LogP contribution in [0.3, 0.4) is 0 Å². The van der Waals surface area contributed by atoms with E-state index < -0.39 is 23.8 Å². The van der Waals surface area contributed by atoms with Crippen LogP contribution in [0.2, 0.25) is 0 Å². The van der Waals surface area contributed by atoms with Crippen LogP contribution in [0.25, 0.3) is 0 Å². The zero-order valence-electron chi connectivity index (χ0n) is 11.9. The lowest BCUT2D eigenvalue weighted by molar-refractivity contribution is -0.154. The molecule has 0 aromatic heterocycles. The van der Waals surface area contributed by atoms with Crippen LogP contribution in [-0.4, -0.2) is 40.4 Å². The van der Waals surface area contributed by atoms with Crippen LogP contribution >= 0.6 is 0 Å². The fourth-order valence-corrected chi connectivity index (χ4v) is 1.71. The van der Waals surface area contributed by atoms with Gasteiger partial charge in [0, 0.05) is 0 Å². The molecule has 0 aliphatic rings. The average Bonchev–Trinajstić information content (AvgIpc) is 2.38. The first-order valence-corrected chi connectivity index (χ1v) is 6.55. The van der Waals surface area contributed by atoms with Gasteiger partial charge >= 0.3 is 5.97 Å². The zero-order valence-corrected chi connectivity index (χ0v) is 11.9. The number of imide groups is 1. The van der Waals surface area contributed by atoms with Crippen molar-refractivity contribution in [1.29, 1.82) is 0 Å². The molecule has 0 aliphatic heterocycles. The van der Waals surface area contributed by atoms with Crippen molar-refractivity contribution in [3.05, 3.63) is 24.3 Å². The number of carboxylic acids is 1. The van der Waals surface area contributed by atoms with E-state index in [0.717, 1.165) is 4.90 Å². The molecule has 0 fully saturated rings. The van der Waals surface area contributed by atoms with E-state index in [1.807, 2.05) is 0 Å². The van der Waals surface area contributed by atoms with Crippen LogP contribution in [-0.2, 0) is 14.4 Å². The Balaban J connectivity index is 5.24. The molecule has 0 bridgehead atoms. The average molecular weight is 282 g/mol. The number of allylic oxidation sites excluding steroid dienone is 2. The number of rotatable bonds is 8. The van der Waals surface area contributed by atoms with Gasteiger partial charge in [-0.05, 0) is 51.8 Å². The van der Waals surface area contributed by atoms with Crippen LogP contribution < -0.4 is 5.73 Å². The maximum absolute atomic E-state index is 11.9. The van der Waals surface area contributed by atoms with Crippen molar-refractivity contribution in [3.63, 3.8) is 0 Å². The second kappa shape index (κ2) is 9.91. The van der Waals surface area contributed by atoms with Gasteiger partial charge in [0.2, 0.25) is 0 Å². The number of nitrogens with two attached hydrogens (primary N) is 1. The molecule has 20 heavy (non-hydrogen) atoms. The molecular weight excluding hydrogens is 260 g/mol. The molecule has 0 saturated heterocycles. The van der Waals surface area contributed by atoms with E-state index in [4.69, 9.17) is 5.73 Å². The normalized spacial score (nSPS) is 12.8. The molecule has 0 spiro atoms. The van der Waals surface area contributed by atoms with E-state index in [-0.39, 0.29) is 6.42 Å². The molecule has 0 unspecified atom stereocenters. The molecule has 6 heteroatoms. The number of carboxylic acid groups (broad SMARTS) is 1. The van der Waals surface area contributed by atoms with Gasteiger partial charge in [-0.25, -0.2) is 4.79 Å². The van der Waals surface area contributed by atoms with Crippen LogP contribution in [0.1, 0.15) is 33.1 Å². The third-order valence-corrected chi connectivity index (χ3v) is 2.62. The summed E-state index contributed by atoms with van der Waals surface area (Å²) >= 11 is 0. The van der Waals surface area contributed by atoms with E-state index in [1.165, 1.54) is 24.3 Å². The monoisotopic (exact) mass is 282 g/mol. The summed E-state index contributed by atoms with van der Waals surface area (Å²) < 4.78 is 0. The number of carbonyl (C=O) groups excluding carboxylic acids is 2. The number of amides is 2. The molecular formula is C14H22N2O4. The predicted molar refractivity (Wildman–Crippen MR) is 75.8 cm³/mol. The smallest absolute Gasteiger partial charge is 0.326 e. The van der Waals surface area contributed by atoms with Crippen molar-refractivity contribution < 1.29 is 19.5 Å². The first-order valence-electron chi connectivity index (χ1n) is 6.55. The Labute approximate surface area is 118 Å². The van der Waals surface area contributed by atoms with E-state index >= 15 is 0 Å². The van der Waals surface area contributed by atoms with Crippen LogP contribution in [0.15, 0.2) is 24.3 Å². The lowest BCUT2D eigenvalue weighted by atomic mass is 10.1. The highest BCUT2D eigenvalue weighted by Crippen LogP contribution is 2.12. The van der Waals surface area contributed by atoms with Gasteiger partial charge in [0.1, 0.15) is 6.04 Å². The minimum absolute atomic E-state index is 0.194. The van der Waals surface area contributed by atoms with Gasteiger partial charge in [-0.15, -0.1) is 0 Å². The Morgan fingerprint density at radius 3 is 1.95 bits per heavy atom. The molecule has 0 aliphatic carbocycles. The zero-order chi connectivity index (χ0) is 15.5. The summed E-state index contributed by atoms with van der Waals surface area (Å²) in [4.78, 5) is 36.0. The molecule has 3 N–H and O–H groups in total. The quantitative estimate of drug-likeness (QED) is 0.512. The Morgan fingerprint density at radius 1 is 1.10 bits per heavy atom.